The molecule has 0 heterocycles. The molecule has 1 aromatic carbocycles. The van der Waals surface area contributed by atoms with Crippen molar-refractivity contribution in [3.05, 3.63) is 29.8 Å². The van der Waals surface area contributed by atoms with Crippen LogP contribution in [0.5, 0.6) is 5.75 Å². The van der Waals surface area contributed by atoms with Crippen LogP contribution < -0.4 is 21.7 Å². The summed E-state index contributed by atoms with van der Waals surface area (Å²) >= 11 is 3.93. The van der Waals surface area contributed by atoms with Crippen LogP contribution in [0.4, 0.5) is 0 Å². The predicted octanol–water partition coefficient (Wildman–Crippen LogP) is -0.592. The number of hydrogen-bond donors (Lipinski definition) is 7. The van der Waals surface area contributed by atoms with Gasteiger partial charge in [-0.25, -0.2) is 4.79 Å². The summed E-state index contributed by atoms with van der Waals surface area (Å²) in [5, 5.41) is 26.1. The number of nitrogens with one attached hydrogen (secondary N) is 3. The van der Waals surface area contributed by atoms with E-state index >= 15 is 0 Å². The van der Waals surface area contributed by atoms with Gasteiger partial charge in [0.05, 0.1) is 6.54 Å². The normalized spacial score (nSPS) is 13.7. The van der Waals surface area contributed by atoms with Gasteiger partial charge in [-0.1, -0.05) is 26.0 Å². The standard InChI is InChI=1S/C20H30N4O6S/c1-11(2)7-14(22-17(26)9-21)18(27)23-15(8-12-3-5-13(25)6-4-12)19(28)24-16(10-31)20(29)30/h3-6,11,14-16,25,31H,7-10,21H2,1-2H3,(H,22,26)(H,23,27)(H,24,28)(H,29,30). The van der Waals surface area contributed by atoms with E-state index in [0.29, 0.717) is 12.0 Å². The number of thiol groups is 1. The Morgan fingerprint density at radius 1 is 0.968 bits per heavy atom. The second-order valence-electron chi connectivity index (χ2n) is 7.47. The summed E-state index contributed by atoms with van der Waals surface area (Å²) in [5.41, 5.74) is 5.95. The highest BCUT2D eigenvalue weighted by Gasteiger charge is 2.29. The second-order valence-corrected chi connectivity index (χ2v) is 7.83. The van der Waals surface area contributed by atoms with Crippen LogP contribution >= 0.6 is 12.6 Å². The first-order valence-electron chi connectivity index (χ1n) is 9.79. The molecular formula is C20H30N4O6S. The Labute approximate surface area is 186 Å². The van der Waals surface area contributed by atoms with Crippen LogP contribution in [0.1, 0.15) is 25.8 Å². The average molecular weight is 455 g/mol. The van der Waals surface area contributed by atoms with Crippen LogP contribution in [0.2, 0.25) is 0 Å². The number of phenols is 1. The Kier molecular flexibility index (Phi) is 10.8. The summed E-state index contributed by atoms with van der Waals surface area (Å²) in [7, 11) is 0. The third-order valence-corrected chi connectivity index (χ3v) is 4.72. The van der Waals surface area contributed by atoms with Crippen LogP contribution in [-0.4, -0.2) is 64.3 Å². The van der Waals surface area contributed by atoms with Crippen molar-refractivity contribution >= 4 is 36.3 Å². The third kappa shape index (κ3) is 9.26. The summed E-state index contributed by atoms with van der Waals surface area (Å²) in [6, 6.07) is 2.76. The molecule has 3 atom stereocenters. The van der Waals surface area contributed by atoms with Gasteiger partial charge in [-0.3, -0.25) is 14.4 Å². The van der Waals surface area contributed by atoms with E-state index < -0.39 is 41.8 Å². The van der Waals surface area contributed by atoms with Gasteiger partial charge in [0.15, 0.2) is 0 Å². The van der Waals surface area contributed by atoms with Gasteiger partial charge in [-0.15, -0.1) is 0 Å². The Morgan fingerprint density at radius 3 is 2.00 bits per heavy atom. The molecule has 0 aromatic heterocycles. The fourth-order valence-electron chi connectivity index (χ4n) is 2.76. The van der Waals surface area contributed by atoms with Crippen LogP contribution in [0.3, 0.4) is 0 Å². The molecule has 172 valence electrons. The van der Waals surface area contributed by atoms with E-state index in [2.05, 4.69) is 28.6 Å². The Balaban J connectivity index is 3.07. The summed E-state index contributed by atoms with van der Waals surface area (Å²) in [4.78, 5) is 48.6. The van der Waals surface area contributed by atoms with Crippen molar-refractivity contribution in [2.45, 2.75) is 44.8 Å². The topological polar surface area (TPSA) is 171 Å². The van der Waals surface area contributed by atoms with Crippen molar-refractivity contribution in [3.8, 4) is 5.75 Å². The van der Waals surface area contributed by atoms with Gasteiger partial charge in [0.1, 0.15) is 23.9 Å². The van der Waals surface area contributed by atoms with Gasteiger partial charge < -0.3 is 31.9 Å². The number of benzene rings is 1. The molecule has 3 unspecified atom stereocenters. The number of hydrogen-bond acceptors (Lipinski definition) is 7. The molecule has 7 N–H and O–H groups in total. The maximum absolute atomic E-state index is 12.9. The highest BCUT2D eigenvalue weighted by molar-refractivity contribution is 7.80. The molecular weight excluding hydrogens is 424 g/mol. The first-order chi connectivity index (χ1) is 14.6. The lowest BCUT2D eigenvalue weighted by Crippen LogP contribution is -2.57. The summed E-state index contributed by atoms with van der Waals surface area (Å²) < 4.78 is 0. The van der Waals surface area contributed by atoms with Crippen molar-refractivity contribution in [2.24, 2.45) is 11.7 Å². The zero-order valence-electron chi connectivity index (χ0n) is 17.5. The minimum atomic E-state index is -1.26. The van der Waals surface area contributed by atoms with Gasteiger partial charge >= 0.3 is 5.97 Å². The predicted molar refractivity (Wildman–Crippen MR) is 118 cm³/mol. The lowest BCUT2D eigenvalue weighted by Gasteiger charge is -2.25. The summed E-state index contributed by atoms with van der Waals surface area (Å²) in [6.45, 7) is 3.46. The van der Waals surface area contributed by atoms with Crippen LogP contribution in [0.15, 0.2) is 24.3 Å². The fraction of sp³-hybridized carbons (Fsp3) is 0.500. The van der Waals surface area contributed by atoms with Crippen molar-refractivity contribution in [3.63, 3.8) is 0 Å². The lowest BCUT2D eigenvalue weighted by molar-refractivity contribution is -0.141. The third-order valence-electron chi connectivity index (χ3n) is 4.35. The van der Waals surface area contributed by atoms with Crippen molar-refractivity contribution < 1.29 is 29.4 Å². The number of carboxylic acid groups (broad SMARTS) is 1. The Hall–Kier alpha value is -2.79. The maximum Gasteiger partial charge on any atom is 0.327 e. The number of phenolic OH excluding ortho intramolecular Hbond substituents is 1. The first-order valence-corrected chi connectivity index (χ1v) is 10.4. The van der Waals surface area contributed by atoms with Crippen molar-refractivity contribution in [1.82, 2.24) is 16.0 Å². The van der Waals surface area contributed by atoms with Crippen molar-refractivity contribution in [2.75, 3.05) is 12.3 Å². The maximum atomic E-state index is 12.9. The molecule has 1 aromatic rings. The van der Waals surface area contributed by atoms with Gasteiger partial charge in [0, 0.05) is 12.2 Å². The molecule has 0 saturated heterocycles. The highest BCUT2D eigenvalue weighted by atomic mass is 32.1. The Bertz CT molecular complexity index is 771. The molecule has 10 nitrogen and oxygen atoms in total. The molecule has 0 fully saturated rings. The smallest absolute Gasteiger partial charge is 0.327 e. The van der Waals surface area contributed by atoms with E-state index in [4.69, 9.17) is 5.73 Å². The van der Waals surface area contributed by atoms with Gasteiger partial charge in [0.25, 0.3) is 0 Å². The minimum absolute atomic E-state index is 0.0377. The van der Waals surface area contributed by atoms with Gasteiger partial charge in [-0.05, 0) is 30.0 Å². The Morgan fingerprint density at radius 2 is 1.52 bits per heavy atom. The highest BCUT2D eigenvalue weighted by Crippen LogP contribution is 2.12. The molecule has 11 heteroatoms. The van der Waals surface area contributed by atoms with Gasteiger partial charge in [0.2, 0.25) is 17.7 Å². The van der Waals surface area contributed by atoms with E-state index in [-0.39, 0.29) is 30.4 Å². The summed E-state index contributed by atoms with van der Waals surface area (Å²) in [6.07, 6.45) is 0.357. The number of rotatable bonds is 12. The minimum Gasteiger partial charge on any atom is -0.508 e. The number of nitrogens with two attached hydrogens (primary N) is 1. The van der Waals surface area contributed by atoms with E-state index in [0.717, 1.165) is 0 Å². The quantitative estimate of drug-likeness (QED) is 0.207. The number of carboxylic acids is 1. The molecule has 0 saturated carbocycles. The molecule has 0 aliphatic heterocycles. The largest absolute Gasteiger partial charge is 0.508 e. The second kappa shape index (κ2) is 12.8. The molecule has 3 amide bonds. The van der Waals surface area contributed by atoms with E-state index in [1.165, 1.54) is 12.1 Å². The molecule has 0 bridgehead atoms. The van der Waals surface area contributed by atoms with Crippen LogP contribution in [0, 0.1) is 5.92 Å². The number of carbonyl (C=O) groups excluding carboxylic acids is 3. The fourth-order valence-corrected chi connectivity index (χ4v) is 3.01. The number of carbonyl (C=O) groups is 4. The SMILES string of the molecule is CC(C)CC(NC(=O)CN)C(=O)NC(Cc1ccc(O)cc1)C(=O)NC(CS)C(=O)O. The zero-order chi connectivity index (χ0) is 23.6. The number of amides is 3. The molecule has 0 aliphatic carbocycles. The van der Waals surface area contributed by atoms with E-state index in [1.54, 1.807) is 12.1 Å². The molecule has 0 radical (unpaired) electrons. The first kappa shape index (κ1) is 26.2. The monoisotopic (exact) mass is 454 g/mol. The van der Waals surface area contributed by atoms with E-state index in [9.17, 15) is 29.4 Å². The molecule has 31 heavy (non-hydrogen) atoms. The molecule has 0 aliphatic rings. The van der Waals surface area contributed by atoms with Crippen LogP contribution in [0.25, 0.3) is 0 Å². The lowest BCUT2D eigenvalue weighted by atomic mass is 10.0. The van der Waals surface area contributed by atoms with E-state index in [1.807, 2.05) is 13.8 Å². The summed E-state index contributed by atoms with van der Waals surface area (Å²) in [5.74, 6) is -3.10. The average Bonchev–Trinajstić information content (AvgIpc) is 2.71. The molecule has 0 spiro atoms. The van der Waals surface area contributed by atoms with Gasteiger partial charge in [-0.2, -0.15) is 12.6 Å². The molecule has 1 rings (SSSR count). The van der Waals surface area contributed by atoms with Crippen LogP contribution in [-0.2, 0) is 25.6 Å². The number of aromatic hydroxyl groups is 1. The van der Waals surface area contributed by atoms with Crippen molar-refractivity contribution in [1.29, 1.82) is 0 Å². The zero-order valence-corrected chi connectivity index (χ0v) is 18.4. The number of aliphatic carboxylic acids is 1.